The van der Waals surface area contributed by atoms with E-state index < -0.39 is 5.25 Å². The molecule has 0 aliphatic heterocycles. The predicted molar refractivity (Wildman–Crippen MR) is 128 cm³/mol. The highest BCUT2D eigenvalue weighted by molar-refractivity contribution is 8.00. The molecule has 1 atom stereocenters. The van der Waals surface area contributed by atoms with E-state index in [1.165, 1.54) is 11.8 Å². The molecule has 162 valence electrons. The molecule has 0 radical (unpaired) electrons. The smallest absolute Gasteiger partial charge is 0.262 e. The number of benzene rings is 3. The van der Waals surface area contributed by atoms with E-state index in [0.29, 0.717) is 28.3 Å². The molecule has 7 heteroatoms. The number of rotatable bonds is 7. The molecule has 1 aromatic heterocycles. The van der Waals surface area contributed by atoms with Crippen LogP contribution in [0.3, 0.4) is 0 Å². The van der Waals surface area contributed by atoms with Gasteiger partial charge in [-0.05, 0) is 48.9 Å². The Kier molecular flexibility index (Phi) is 6.56. The van der Waals surface area contributed by atoms with Gasteiger partial charge in [0.1, 0.15) is 5.75 Å². The Labute approximate surface area is 190 Å². The number of thioether (sulfide) groups is 1. The molecule has 0 saturated carbocycles. The first-order valence-corrected chi connectivity index (χ1v) is 11.1. The lowest BCUT2D eigenvalue weighted by Gasteiger charge is -2.16. The zero-order valence-corrected chi connectivity index (χ0v) is 18.6. The van der Waals surface area contributed by atoms with Crippen molar-refractivity contribution in [2.24, 2.45) is 0 Å². The van der Waals surface area contributed by atoms with E-state index in [0.717, 1.165) is 11.3 Å². The molecular weight excluding hydrogens is 422 g/mol. The number of fused-ring (bicyclic) bond motifs is 1. The summed E-state index contributed by atoms with van der Waals surface area (Å²) in [6.07, 6.45) is 0. The van der Waals surface area contributed by atoms with Crippen molar-refractivity contribution in [3.63, 3.8) is 0 Å². The van der Waals surface area contributed by atoms with Crippen LogP contribution in [0.4, 0.5) is 5.69 Å². The topological polar surface area (TPSA) is 73.2 Å². The van der Waals surface area contributed by atoms with E-state index in [-0.39, 0.29) is 11.5 Å². The Morgan fingerprint density at radius 3 is 2.44 bits per heavy atom. The average molecular weight is 446 g/mol. The summed E-state index contributed by atoms with van der Waals surface area (Å²) in [5.41, 5.74) is 2.16. The lowest BCUT2D eigenvalue weighted by Crippen LogP contribution is -2.27. The van der Waals surface area contributed by atoms with Crippen LogP contribution in [0.5, 0.6) is 5.75 Å². The number of hydrogen-bond acceptors (Lipinski definition) is 5. The standard InChI is InChI=1S/C25H23N3O3S/c1-17(23(29)26-19-12-14-20(31-2)15-13-19)32-25-27-22-11-7-6-10-21(22)24(30)28(25)16-18-8-4-3-5-9-18/h3-15,17H,16H2,1-2H3,(H,26,29). The van der Waals surface area contributed by atoms with Crippen molar-refractivity contribution in [2.75, 3.05) is 12.4 Å². The third-order valence-electron chi connectivity index (χ3n) is 5.02. The third kappa shape index (κ3) is 4.84. The number of carbonyl (C=O) groups excluding carboxylic acids is 1. The quantitative estimate of drug-likeness (QED) is 0.333. The van der Waals surface area contributed by atoms with Gasteiger partial charge in [-0.3, -0.25) is 14.2 Å². The van der Waals surface area contributed by atoms with Crippen LogP contribution in [0.2, 0.25) is 0 Å². The van der Waals surface area contributed by atoms with Gasteiger partial charge in [0.15, 0.2) is 5.16 Å². The van der Waals surface area contributed by atoms with Crippen LogP contribution in [-0.4, -0.2) is 27.8 Å². The maximum atomic E-state index is 13.3. The van der Waals surface area contributed by atoms with Crippen molar-refractivity contribution in [1.29, 1.82) is 0 Å². The number of nitrogens with one attached hydrogen (secondary N) is 1. The van der Waals surface area contributed by atoms with Crippen molar-refractivity contribution in [2.45, 2.75) is 23.9 Å². The Morgan fingerprint density at radius 2 is 1.72 bits per heavy atom. The second kappa shape index (κ2) is 9.70. The highest BCUT2D eigenvalue weighted by atomic mass is 32.2. The number of para-hydroxylation sites is 1. The molecule has 4 aromatic rings. The fourth-order valence-corrected chi connectivity index (χ4v) is 4.18. The fraction of sp³-hybridized carbons (Fsp3) is 0.160. The molecule has 0 aliphatic carbocycles. The summed E-state index contributed by atoms with van der Waals surface area (Å²) < 4.78 is 6.79. The SMILES string of the molecule is COc1ccc(NC(=O)C(C)Sc2nc3ccccc3c(=O)n2Cc2ccccc2)cc1. The molecular formula is C25H23N3O3S. The highest BCUT2D eigenvalue weighted by Crippen LogP contribution is 2.25. The van der Waals surface area contributed by atoms with E-state index in [2.05, 4.69) is 5.32 Å². The Bertz CT molecular complexity index is 1290. The predicted octanol–water partition coefficient (Wildman–Crippen LogP) is 4.57. The normalized spacial score (nSPS) is 11.8. The molecule has 4 rings (SSSR count). The molecule has 1 unspecified atom stereocenters. The minimum Gasteiger partial charge on any atom is -0.497 e. The molecule has 0 fully saturated rings. The molecule has 0 spiro atoms. The summed E-state index contributed by atoms with van der Waals surface area (Å²) in [6.45, 7) is 2.18. The van der Waals surface area contributed by atoms with Gasteiger partial charge in [0, 0.05) is 5.69 Å². The molecule has 1 heterocycles. The minimum atomic E-state index is -0.466. The van der Waals surface area contributed by atoms with Crippen molar-refractivity contribution in [3.8, 4) is 5.75 Å². The number of amides is 1. The molecule has 0 saturated heterocycles. The first kappa shape index (κ1) is 21.6. The van der Waals surface area contributed by atoms with Crippen molar-refractivity contribution >= 4 is 34.3 Å². The minimum absolute atomic E-state index is 0.121. The monoisotopic (exact) mass is 445 g/mol. The maximum absolute atomic E-state index is 13.3. The molecule has 0 aliphatic rings. The second-order valence-electron chi connectivity index (χ2n) is 7.27. The van der Waals surface area contributed by atoms with Crippen LogP contribution in [0.1, 0.15) is 12.5 Å². The van der Waals surface area contributed by atoms with Gasteiger partial charge in [0.25, 0.3) is 5.56 Å². The Hall–Kier alpha value is -3.58. The van der Waals surface area contributed by atoms with Gasteiger partial charge < -0.3 is 10.1 Å². The van der Waals surface area contributed by atoms with Crippen LogP contribution in [0.15, 0.2) is 88.8 Å². The van der Waals surface area contributed by atoms with E-state index in [4.69, 9.17) is 9.72 Å². The van der Waals surface area contributed by atoms with Gasteiger partial charge in [-0.2, -0.15) is 0 Å². The van der Waals surface area contributed by atoms with Gasteiger partial charge >= 0.3 is 0 Å². The third-order valence-corrected chi connectivity index (χ3v) is 6.11. The van der Waals surface area contributed by atoms with Crippen LogP contribution in [0.25, 0.3) is 10.9 Å². The molecule has 1 amide bonds. The van der Waals surface area contributed by atoms with Crippen LogP contribution >= 0.6 is 11.8 Å². The lowest BCUT2D eigenvalue weighted by molar-refractivity contribution is -0.115. The lowest BCUT2D eigenvalue weighted by atomic mass is 10.2. The number of methoxy groups -OCH3 is 1. The number of anilines is 1. The summed E-state index contributed by atoms with van der Waals surface area (Å²) in [6, 6.07) is 24.2. The molecule has 1 N–H and O–H groups in total. The summed E-state index contributed by atoms with van der Waals surface area (Å²) >= 11 is 1.27. The van der Waals surface area contributed by atoms with Gasteiger partial charge in [0.05, 0.1) is 29.8 Å². The molecule has 6 nitrogen and oxygen atoms in total. The Morgan fingerprint density at radius 1 is 1.03 bits per heavy atom. The number of nitrogens with zero attached hydrogens (tertiary/aromatic N) is 2. The highest BCUT2D eigenvalue weighted by Gasteiger charge is 2.20. The summed E-state index contributed by atoms with van der Waals surface area (Å²) in [4.78, 5) is 30.8. The van der Waals surface area contributed by atoms with Gasteiger partial charge in [-0.1, -0.05) is 54.2 Å². The van der Waals surface area contributed by atoms with Crippen molar-refractivity contribution < 1.29 is 9.53 Å². The van der Waals surface area contributed by atoms with Gasteiger partial charge in [-0.15, -0.1) is 0 Å². The zero-order valence-electron chi connectivity index (χ0n) is 17.8. The average Bonchev–Trinajstić information content (AvgIpc) is 2.82. The van der Waals surface area contributed by atoms with E-state index >= 15 is 0 Å². The maximum Gasteiger partial charge on any atom is 0.262 e. The van der Waals surface area contributed by atoms with Gasteiger partial charge in [0.2, 0.25) is 5.91 Å². The van der Waals surface area contributed by atoms with E-state index in [1.807, 2.05) is 48.5 Å². The van der Waals surface area contributed by atoms with Crippen LogP contribution in [0, 0.1) is 0 Å². The van der Waals surface area contributed by atoms with Crippen LogP contribution in [-0.2, 0) is 11.3 Å². The van der Waals surface area contributed by atoms with Gasteiger partial charge in [-0.25, -0.2) is 4.98 Å². The largest absolute Gasteiger partial charge is 0.497 e. The van der Waals surface area contributed by atoms with Crippen molar-refractivity contribution in [3.05, 3.63) is 94.8 Å². The fourth-order valence-electron chi connectivity index (χ4n) is 3.27. The second-order valence-corrected chi connectivity index (χ2v) is 8.57. The van der Waals surface area contributed by atoms with Crippen LogP contribution < -0.4 is 15.6 Å². The van der Waals surface area contributed by atoms with E-state index in [1.54, 1.807) is 48.9 Å². The first-order valence-electron chi connectivity index (χ1n) is 10.2. The zero-order chi connectivity index (χ0) is 22.5. The van der Waals surface area contributed by atoms with E-state index in [9.17, 15) is 9.59 Å². The summed E-state index contributed by atoms with van der Waals surface area (Å²) in [5, 5.41) is 3.51. The first-order chi connectivity index (χ1) is 15.5. The van der Waals surface area contributed by atoms with Crippen molar-refractivity contribution in [1.82, 2.24) is 9.55 Å². The number of carbonyl (C=O) groups is 1. The molecule has 32 heavy (non-hydrogen) atoms. The number of ether oxygens (including phenoxy) is 1. The summed E-state index contributed by atoms with van der Waals surface area (Å²) in [7, 11) is 1.60. The molecule has 3 aromatic carbocycles. The number of hydrogen-bond donors (Lipinski definition) is 1. The Balaban J connectivity index is 1.62. The number of aromatic nitrogens is 2. The molecule has 0 bridgehead atoms. The summed E-state index contributed by atoms with van der Waals surface area (Å²) in [5.74, 6) is 0.546.